The van der Waals surface area contributed by atoms with Gasteiger partial charge in [-0.3, -0.25) is 14.8 Å². The molecular formula is C30H25N3O5S. The highest BCUT2D eigenvalue weighted by Gasteiger charge is 2.40. The van der Waals surface area contributed by atoms with Crippen LogP contribution in [0.2, 0.25) is 0 Å². The second kappa shape index (κ2) is 9.92. The third kappa shape index (κ3) is 4.84. The van der Waals surface area contributed by atoms with E-state index in [4.69, 9.17) is 4.74 Å². The number of hydrogen-bond donors (Lipinski definition) is 2. The van der Waals surface area contributed by atoms with Crippen LogP contribution in [-0.2, 0) is 10.0 Å². The minimum atomic E-state index is -3.86. The molecule has 0 saturated carbocycles. The molecule has 0 amide bonds. The van der Waals surface area contributed by atoms with E-state index in [1.54, 1.807) is 60.7 Å². The van der Waals surface area contributed by atoms with Crippen LogP contribution in [0.15, 0.2) is 114 Å². The molecule has 2 aliphatic rings. The number of hydrogen-bond acceptors (Lipinski definition) is 6. The second-order valence-corrected chi connectivity index (χ2v) is 11.3. The SMILES string of the molecule is O=[N+]([O-])c1ccccc1[C@H]1Nc2ccc(S(=O)(=O)Nc3ccc(Oc4ccccc4)cc3)cc2[C@H]2C=CC[C@H]21. The van der Waals surface area contributed by atoms with E-state index < -0.39 is 10.0 Å². The molecule has 1 aliphatic heterocycles. The van der Waals surface area contributed by atoms with E-state index in [-0.39, 0.29) is 33.4 Å². The summed E-state index contributed by atoms with van der Waals surface area (Å²) in [5.41, 5.74) is 2.75. The summed E-state index contributed by atoms with van der Waals surface area (Å²) in [5.74, 6) is 1.26. The van der Waals surface area contributed by atoms with Crippen LogP contribution < -0.4 is 14.8 Å². The minimum absolute atomic E-state index is 0.0293. The minimum Gasteiger partial charge on any atom is -0.457 e. The molecule has 0 unspecified atom stereocenters. The van der Waals surface area contributed by atoms with Crippen molar-refractivity contribution in [1.82, 2.24) is 0 Å². The van der Waals surface area contributed by atoms with Gasteiger partial charge in [-0.25, -0.2) is 8.42 Å². The highest BCUT2D eigenvalue weighted by molar-refractivity contribution is 7.92. The van der Waals surface area contributed by atoms with Gasteiger partial charge in [0.25, 0.3) is 15.7 Å². The Morgan fingerprint density at radius 2 is 1.59 bits per heavy atom. The van der Waals surface area contributed by atoms with Gasteiger partial charge in [0.15, 0.2) is 0 Å². The number of allylic oxidation sites excluding steroid dienone is 2. The molecule has 9 heteroatoms. The summed E-state index contributed by atoms with van der Waals surface area (Å²) >= 11 is 0. The summed E-state index contributed by atoms with van der Waals surface area (Å²) in [6, 6.07) is 27.6. The van der Waals surface area contributed by atoms with Crippen molar-refractivity contribution in [3.63, 3.8) is 0 Å². The van der Waals surface area contributed by atoms with Crippen molar-refractivity contribution in [2.45, 2.75) is 23.3 Å². The highest BCUT2D eigenvalue weighted by Crippen LogP contribution is 2.51. The van der Waals surface area contributed by atoms with E-state index in [1.807, 2.05) is 30.3 Å². The van der Waals surface area contributed by atoms with Gasteiger partial charge in [-0.2, -0.15) is 0 Å². The number of para-hydroxylation sites is 2. The molecule has 196 valence electrons. The Labute approximate surface area is 226 Å². The molecule has 0 bridgehead atoms. The Kier molecular flexibility index (Phi) is 6.28. The van der Waals surface area contributed by atoms with E-state index in [0.29, 0.717) is 22.7 Å². The van der Waals surface area contributed by atoms with Crippen molar-refractivity contribution in [2.24, 2.45) is 5.92 Å². The fraction of sp³-hybridized carbons (Fsp3) is 0.133. The normalized spacial score (nSPS) is 19.4. The summed E-state index contributed by atoms with van der Waals surface area (Å²) in [5, 5.41) is 15.2. The van der Waals surface area contributed by atoms with Crippen molar-refractivity contribution in [1.29, 1.82) is 0 Å². The first-order chi connectivity index (χ1) is 18.9. The van der Waals surface area contributed by atoms with Gasteiger partial charge in [0.1, 0.15) is 11.5 Å². The van der Waals surface area contributed by atoms with Crippen LogP contribution in [0.4, 0.5) is 17.1 Å². The Morgan fingerprint density at radius 3 is 2.36 bits per heavy atom. The van der Waals surface area contributed by atoms with Crippen LogP contribution in [0.5, 0.6) is 11.5 Å². The quantitative estimate of drug-likeness (QED) is 0.148. The number of benzene rings is 4. The molecular weight excluding hydrogens is 514 g/mol. The number of anilines is 2. The van der Waals surface area contributed by atoms with Crippen molar-refractivity contribution in [2.75, 3.05) is 10.0 Å². The van der Waals surface area contributed by atoms with E-state index in [9.17, 15) is 18.5 Å². The number of sulfonamides is 1. The molecule has 0 spiro atoms. The smallest absolute Gasteiger partial charge is 0.274 e. The predicted molar refractivity (Wildman–Crippen MR) is 150 cm³/mol. The molecule has 4 aromatic rings. The maximum atomic E-state index is 13.3. The molecule has 0 saturated heterocycles. The fourth-order valence-electron chi connectivity index (χ4n) is 5.39. The average Bonchev–Trinajstić information content (AvgIpc) is 3.44. The van der Waals surface area contributed by atoms with Crippen LogP contribution in [0, 0.1) is 16.0 Å². The van der Waals surface area contributed by atoms with E-state index in [2.05, 4.69) is 22.2 Å². The number of fused-ring (bicyclic) bond motifs is 3. The van der Waals surface area contributed by atoms with Gasteiger partial charge in [0.2, 0.25) is 0 Å². The number of rotatable bonds is 7. The number of ether oxygens (including phenoxy) is 1. The zero-order chi connectivity index (χ0) is 27.0. The van der Waals surface area contributed by atoms with Gasteiger partial charge in [0, 0.05) is 23.4 Å². The first-order valence-electron chi connectivity index (χ1n) is 12.6. The summed E-state index contributed by atoms with van der Waals surface area (Å²) in [6.07, 6.45) is 4.87. The van der Waals surface area contributed by atoms with E-state index >= 15 is 0 Å². The van der Waals surface area contributed by atoms with Gasteiger partial charge in [-0.15, -0.1) is 0 Å². The van der Waals surface area contributed by atoms with Crippen molar-refractivity contribution in [3.8, 4) is 11.5 Å². The van der Waals surface area contributed by atoms with Crippen LogP contribution in [-0.4, -0.2) is 13.3 Å². The lowest BCUT2D eigenvalue weighted by Crippen LogP contribution is -2.30. The predicted octanol–water partition coefficient (Wildman–Crippen LogP) is 7.01. The molecule has 2 N–H and O–H groups in total. The molecule has 6 rings (SSSR count). The number of nitrogens with one attached hydrogen (secondary N) is 2. The molecule has 0 aromatic heterocycles. The van der Waals surface area contributed by atoms with Gasteiger partial charge >= 0.3 is 0 Å². The zero-order valence-electron chi connectivity index (χ0n) is 20.7. The molecule has 1 aliphatic carbocycles. The fourth-order valence-corrected chi connectivity index (χ4v) is 6.49. The largest absolute Gasteiger partial charge is 0.457 e. The third-order valence-corrected chi connectivity index (χ3v) is 8.58. The maximum absolute atomic E-state index is 13.3. The van der Waals surface area contributed by atoms with Crippen molar-refractivity contribution < 1.29 is 18.1 Å². The summed E-state index contributed by atoms with van der Waals surface area (Å²) < 4.78 is 35.0. The molecule has 8 nitrogen and oxygen atoms in total. The molecule has 4 aromatic carbocycles. The highest BCUT2D eigenvalue weighted by atomic mass is 32.2. The number of nitro benzene ring substituents is 1. The lowest BCUT2D eigenvalue weighted by Gasteiger charge is -2.37. The van der Waals surface area contributed by atoms with Crippen molar-refractivity contribution >= 4 is 27.1 Å². The molecule has 39 heavy (non-hydrogen) atoms. The van der Waals surface area contributed by atoms with Crippen LogP contribution in [0.1, 0.15) is 29.5 Å². The van der Waals surface area contributed by atoms with Gasteiger partial charge in [-0.1, -0.05) is 48.6 Å². The molecule has 0 radical (unpaired) electrons. The average molecular weight is 540 g/mol. The lowest BCUT2D eigenvalue weighted by atomic mass is 9.76. The first-order valence-corrected chi connectivity index (χ1v) is 14.0. The summed E-state index contributed by atoms with van der Waals surface area (Å²) in [6.45, 7) is 0. The van der Waals surface area contributed by atoms with Crippen LogP contribution in [0.3, 0.4) is 0 Å². The zero-order valence-corrected chi connectivity index (χ0v) is 21.5. The lowest BCUT2D eigenvalue weighted by molar-refractivity contribution is -0.385. The van der Waals surface area contributed by atoms with Gasteiger partial charge in [0.05, 0.1) is 21.4 Å². The molecule has 3 atom stereocenters. The Morgan fingerprint density at radius 1 is 0.872 bits per heavy atom. The summed E-state index contributed by atoms with van der Waals surface area (Å²) in [4.78, 5) is 11.5. The van der Waals surface area contributed by atoms with Crippen LogP contribution in [0.25, 0.3) is 0 Å². The van der Waals surface area contributed by atoms with Gasteiger partial charge in [-0.05, 0) is 72.5 Å². The number of nitrogens with zero attached hydrogens (tertiary/aromatic N) is 1. The summed E-state index contributed by atoms with van der Waals surface area (Å²) in [7, 11) is -3.86. The van der Waals surface area contributed by atoms with Crippen molar-refractivity contribution in [3.05, 3.63) is 130 Å². The Bertz CT molecular complexity index is 1670. The van der Waals surface area contributed by atoms with E-state index in [1.165, 1.54) is 6.07 Å². The first kappa shape index (κ1) is 24.7. The maximum Gasteiger partial charge on any atom is 0.274 e. The monoisotopic (exact) mass is 539 g/mol. The number of nitro groups is 1. The molecule has 1 heterocycles. The van der Waals surface area contributed by atoms with Gasteiger partial charge < -0.3 is 10.1 Å². The standard InChI is InChI=1S/C30H25N3O5S/c34-33(35)29-12-5-4-9-26(29)30-25-11-6-10-24(25)27-19-23(17-18-28(27)31-30)39(36,37)32-20-13-15-22(16-14-20)38-21-7-2-1-3-8-21/h1-10,12-19,24-25,30-32H,11H2/t24-,25+,30-/m0/s1. The Balaban J connectivity index is 1.25. The second-order valence-electron chi connectivity index (χ2n) is 9.59. The molecule has 0 fully saturated rings. The Hall–Kier alpha value is -4.63. The topological polar surface area (TPSA) is 111 Å². The third-order valence-electron chi connectivity index (χ3n) is 7.20. The van der Waals surface area contributed by atoms with E-state index in [0.717, 1.165) is 17.7 Å². The van der Waals surface area contributed by atoms with Crippen LogP contribution >= 0.6 is 0 Å².